The van der Waals surface area contributed by atoms with E-state index in [9.17, 15) is 22.8 Å². The lowest BCUT2D eigenvalue weighted by atomic mass is 10.0. The molecule has 0 saturated heterocycles. The van der Waals surface area contributed by atoms with Gasteiger partial charge in [-0.3, -0.25) is 9.59 Å². The topological polar surface area (TPSA) is 80.4 Å². The van der Waals surface area contributed by atoms with Gasteiger partial charge >= 0.3 is 12.1 Å². The van der Waals surface area contributed by atoms with E-state index < -0.39 is 35.5 Å². The maximum absolute atomic E-state index is 12.4. The molecule has 0 radical (unpaired) electrons. The molecule has 0 fully saturated rings. The van der Waals surface area contributed by atoms with Gasteiger partial charge in [-0.25, -0.2) is 0 Å². The van der Waals surface area contributed by atoms with E-state index in [2.05, 4.69) is 0 Å². The van der Waals surface area contributed by atoms with Crippen molar-refractivity contribution in [3.8, 4) is 0 Å². The number of carbonyl (C=O) groups is 2. The number of nitrogen functional groups attached to an aromatic ring is 1. The van der Waals surface area contributed by atoms with Crippen molar-refractivity contribution >= 4 is 17.4 Å². The second kappa shape index (κ2) is 4.44. The number of hydrogen-bond donors (Lipinski definition) is 2. The van der Waals surface area contributed by atoms with E-state index in [4.69, 9.17) is 10.8 Å². The maximum Gasteiger partial charge on any atom is 0.416 e. The molecular weight excluding hydrogens is 239 g/mol. The van der Waals surface area contributed by atoms with Crippen molar-refractivity contribution in [1.29, 1.82) is 0 Å². The largest absolute Gasteiger partial charge is 0.481 e. The van der Waals surface area contributed by atoms with E-state index in [1.165, 1.54) is 0 Å². The first-order valence-electron chi connectivity index (χ1n) is 4.43. The second-order valence-corrected chi connectivity index (χ2v) is 3.29. The van der Waals surface area contributed by atoms with Crippen LogP contribution in [0.3, 0.4) is 0 Å². The highest BCUT2D eigenvalue weighted by Gasteiger charge is 2.31. The van der Waals surface area contributed by atoms with Gasteiger partial charge < -0.3 is 10.8 Å². The number of carbonyl (C=O) groups excluding carboxylic acids is 1. The number of rotatable bonds is 3. The van der Waals surface area contributed by atoms with E-state index in [0.717, 1.165) is 12.1 Å². The van der Waals surface area contributed by atoms with Gasteiger partial charge in [0.05, 0.1) is 5.56 Å². The summed E-state index contributed by atoms with van der Waals surface area (Å²) in [5.41, 5.74) is 3.68. The number of nitrogens with two attached hydrogens (primary N) is 1. The first-order valence-corrected chi connectivity index (χ1v) is 4.43. The fourth-order valence-corrected chi connectivity index (χ4v) is 1.21. The van der Waals surface area contributed by atoms with Crippen LogP contribution in [0.1, 0.15) is 22.3 Å². The Morgan fingerprint density at radius 3 is 2.35 bits per heavy atom. The molecule has 0 aliphatic rings. The van der Waals surface area contributed by atoms with Crippen LogP contribution in [0.4, 0.5) is 18.9 Å². The van der Waals surface area contributed by atoms with Gasteiger partial charge in [0.15, 0.2) is 5.78 Å². The second-order valence-electron chi connectivity index (χ2n) is 3.29. The number of hydrogen-bond acceptors (Lipinski definition) is 3. The van der Waals surface area contributed by atoms with E-state index in [0.29, 0.717) is 6.07 Å². The summed E-state index contributed by atoms with van der Waals surface area (Å²) in [5, 5.41) is 8.38. The van der Waals surface area contributed by atoms with Crippen LogP contribution in [0, 0.1) is 0 Å². The molecular formula is C10H8F3NO3. The first-order chi connectivity index (χ1) is 7.71. The van der Waals surface area contributed by atoms with E-state index in [-0.39, 0.29) is 5.69 Å². The highest BCUT2D eigenvalue weighted by molar-refractivity contribution is 6.08. The summed E-state index contributed by atoms with van der Waals surface area (Å²) in [6.45, 7) is 0. The number of carboxylic acid groups (broad SMARTS) is 1. The highest BCUT2D eigenvalue weighted by Crippen LogP contribution is 2.31. The molecule has 1 aromatic rings. The van der Waals surface area contributed by atoms with Gasteiger partial charge in [-0.2, -0.15) is 13.2 Å². The summed E-state index contributed by atoms with van der Waals surface area (Å²) in [6.07, 6.45) is -5.50. The van der Waals surface area contributed by atoms with Crippen LogP contribution in [-0.2, 0) is 11.0 Å². The zero-order valence-electron chi connectivity index (χ0n) is 8.41. The average molecular weight is 247 g/mol. The number of alkyl halides is 3. The van der Waals surface area contributed by atoms with E-state index in [1.807, 2.05) is 0 Å². The van der Waals surface area contributed by atoms with Gasteiger partial charge in [-0.15, -0.1) is 0 Å². The van der Waals surface area contributed by atoms with Crippen molar-refractivity contribution in [3.05, 3.63) is 29.3 Å². The molecule has 0 aliphatic carbocycles. The number of anilines is 1. The van der Waals surface area contributed by atoms with Crippen molar-refractivity contribution in [2.24, 2.45) is 0 Å². The molecule has 0 saturated carbocycles. The number of benzene rings is 1. The first kappa shape index (κ1) is 13.0. The molecule has 0 bridgehead atoms. The SMILES string of the molecule is Nc1ccc(C(F)(F)F)cc1C(=O)CC(=O)O. The maximum atomic E-state index is 12.4. The predicted molar refractivity (Wildman–Crippen MR) is 52.4 cm³/mol. The average Bonchev–Trinajstić information content (AvgIpc) is 2.15. The summed E-state index contributed by atoms with van der Waals surface area (Å²) in [5.74, 6) is -2.38. The molecule has 0 atom stereocenters. The molecule has 92 valence electrons. The molecule has 0 amide bonds. The third-order valence-corrected chi connectivity index (χ3v) is 1.99. The van der Waals surface area contributed by atoms with Crippen LogP contribution in [0.2, 0.25) is 0 Å². The number of ketones is 1. The monoisotopic (exact) mass is 247 g/mol. The number of carboxylic acids is 1. The van der Waals surface area contributed by atoms with Gasteiger partial charge in [0, 0.05) is 11.3 Å². The minimum absolute atomic E-state index is 0.177. The Bertz CT molecular complexity index is 468. The molecule has 0 spiro atoms. The lowest BCUT2D eigenvalue weighted by molar-refractivity contribution is -0.137. The molecule has 1 rings (SSSR count). The van der Waals surface area contributed by atoms with Gasteiger partial charge in [-0.1, -0.05) is 0 Å². The Balaban J connectivity index is 3.15. The minimum Gasteiger partial charge on any atom is -0.481 e. The van der Waals surface area contributed by atoms with Gasteiger partial charge in [0.25, 0.3) is 0 Å². The van der Waals surface area contributed by atoms with E-state index >= 15 is 0 Å². The minimum atomic E-state index is -4.61. The zero-order valence-corrected chi connectivity index (χ0v) is 8.41. The zero-order chi connectivity index (χ0) is 13.2. The van der Waals surface area contributed by atoms with Crippen molar-refractivity contribution in [1.82, 2.24) is 0 Å². The molecule has 0 aromatic heterocycles. The number of Topliss-reactive ketones (excluding diaryl/α,β-unsaturated/α-hetero) is 1. The fourth-order valence-electron chi connectivity index (χ4n) is 1.21. The van der Waals surface area contributed by atoms with Crippen molar-refractivity contribution < 1.29 is 27.9 Å². The highest BCUT2D eigenvalue weighted by atomic mass is 19.4. The molecule has 3 N–H and O–H groups in total. The summed E-state index contributed by atoms with van der Waals surface area (Å²) in [7, 11) is 0. The third kappa shape index (κ3) is 3.20. The van der Waals surface area contributed by atoms with Gasteiger partial charge in [0.2, 0.25) is 0 Å². The van der Waals surface area contributed by atoms with Gasteiger partial charge in [-0.05, 0) is 18.2 Å². The smallest absolute Gasteiger partial charge is 0.416 e. The fraction of sp³-hybridized carbons (Fsp3) is 0.200. The lowest BCUT2D eigenvalue weighted by Crippen LogP contribution is -2.12. The molecule has 0 heterocycles. The number of halogens is 3. The standard InChI is InChI=1S/C10H8F3NO3/c11-10(12,13)5-1-2-7(14)6(3-5)8(15)4-9(16)17/h1-3H,4,14H2,(H,16,17). The van der Waals surface area contributed by atoms with E-state index in [1.54, 1.807) is 0 Å². The van der Waals surface area contributed by atoms with Crippen LogP contribution in [-0.4, -0.2) is 16.9 Å². The lowest BCUT2D eigenvalue weighted by Gasteiger charge is -2.09. The summed E-state index contributed by atoms with van der Waals surface area (Å²) in [6, 6.07) is 2.21. The Morgan fingerprint density at radius 1 is 1.29 bits per heavy atom. The van der Waals surface area contributed by atoms with Crippen LogP contribution in [0.15, 0.2) is 18.2 Å². The molecule has 4 nitrogen and oxygen atoms in total. The van der Waals surface area contributed by atoms with Gasteiger partial charge in [0.1, 0.15) is 6.42 Å². The predicted octanol–water partition coefficient (Wildman–Crippen LogP) is 1.94. The third-order valence-electron chi connectivity index (χ3n) is 1.99. The molecule has 0 aliphatic heterocycles. The van der Waals surface area contributed by atoms with Crippen molar-refractivity contribution in [3.63, 3.8) is 0 Å². The quantitative estimate of drug-likeness (QED) is 0.486. The Kier molecular flexibility index (Phi) is 3.40. The van der Waals surface area contributed by atoms with Crippen molar-refractivity contribution in [2.45, 2.75) is 12.6 Å². The van der Waals surface area contributed by atoms with Crippen LogP contribution in [0.5, 0.6) is 0 Å². The number of aliphatic carboxylic acids is 1. The van der Waals surface area contributed by atoms with Crippen LogP contribution < -0.4 is 5.73 Å². The Labute approximate surface area is 93.8 Å². The van der Waals surface area contributed by atoms with Crippen molar-refractivity contribution in [2.75, 3.05) is 5.73 Å². The summed E-state index contributed by atoms with van der Waals surface area (Å²) < 4.78 is 37.1. The van der Waals surface area contributed by atoms with Crippen LogP contribution in [0.25, 0.3) is 0 Å². The normalized spacial score (nSPS) is 11.2. The summed E-state index contributed by atoms with van der Waals surface area (Å²) in [4.78, 5) is 21.6. The Hall–Kier alpha value is -2.05. The van der Waals surface area contributed by atoms with Crippen LogP contribution >= 0.6 is 0 Å². The summed E-state index contributed by atoms with van der Waals surface area (Å²) >= 11 is 0. The molecule has 17 heavy (non-hydrogen) atoms. The molecule has 1 aromatic carbocycles. The molecule has 0 unspecified atom stereocenters. The molecule has 7 heteroatoms. The Morgan fingerprint density at radius 2 is 1.88 bits per heavy atom.